The van der Waals surface area contributed by atoms with Gasteiger partial charge in [-0.25, -0.2) is 4.39 Å². The van der Waals surface area contributed by atoms with Crippen LogP contribution in [-0.2, 0) is 4.74 Å². The van der Waals surface area contributed by atoms with Crippen molar-refractivity contribution in [3.63, 3.8) is 0 Å². The summed E-state index contributed by atoms with van der Waals surface area (Å²) in [6.07, 6.45) is 1.30. The van der Waals surface area contributed by atoms with Crippen molar-refractivity contribution in [1.29, 1.82) is 0 Å². The standard InChI is InChI=1S/C14H18FNO2/c1-10-9-11(3-4-12(10)15)13(17)14(18-2)5-7-16-8-6-14/h3-4,9,16H,5-8H2,1-2H3. The molecule has 2 rings (SSSR count). The minimum atomic E-state index is -0.754. The number of halogens is 1. The second-order valence-corrected chi connectivity index (χ2v) is 4.74. The van der Waals surface area contributed by atoms with Crippen LogP contribution in [0.2, 0.25) is 0 Å². The number of ketones is 1. The monoisotopic (exact) mass is 251 g/mol. The Morgan fingerprint density at radius 2 is 2.06 bits per heavy atom. The highest BCUT2D eigenvalue weighted by Gasteiger charge is 2.40. The molecule has 1 saturated heterocycles. The van der Waals surface area contributed by atoms with Crippen molar-refractivity contribution in [2.24, 2.45) is 0 Å². The molecule has 1 aliphatic rings. The quantitative estimate of drug-likeness (QED) is 0.836. The number of piperidine rings is 1. The van der Waals surface area contributed by atoms with Crippen molar-refractivity contribution in [1.82, 2.24) is 5.32 Å². The molecule has 0 saturated carbocycles. The zero-order valence-corrected chi connectivity index (χ0v) is 10.8. The summed E-state index contributed by atoms with van der Waals surface area (Å²) in [6.45, 7) is 3.19. The van der Waals surface area contributed by atoms with Crippen LogP contribution in [0.3, 0.4) is 0 Å². The third-order valence-corrected chi connectivity index (χ3v) is 3.64. The maximum absolute atomic E-state index is 13.2. The third kappa shape index (κ3) is 2.31. The van der Waals surface area contributed by atoms with Crippen molar-refractivity contribution in [2.75, 3.05) is 20.2 Å². The van der Waals surface area contributed by atoms with Crippen LogP contribution in [0.1, 0.15) is 28.8 Å². The molecule has 1 N–H and O–H groups in total. The minimum absolute atomic E-state index is 0.0467. The molecular weight excluding hydrogens is 233 g/mol. The lowest BCUT2D eigenvalue weighted by molar-refractivity contribution is -0.0154. The Labute approximate surface area is 106 Å². The number of hydrogen-bond donors (Lipinski definition) is 1. The number of nitrogens with one attached hydrogen (secondary N) is 1. The molecule has 1 aliphatic heterocycles. The van der Waals surface area contributed by atoms with E-state index in [0.717, 1.165) is 13.1 Å². The molecule has 0 radical (unpaired) electrons. The molecule has 0 atom stereocenters. The smallest absolute Gasteiger partial charge is 0.194 e. The van der Waals surface area contributed by atoms with Crippen LogP contribution in [0.25, 0.3) is 0 Å². The average Bonchev–Trinajstić information content (AvgIpc) is 2.42. The summed E-state index contributed by atoms with van der Waals surface area (Å²) >= 11 is 0. The lowest BCUT2D eigenvalue weighted by Gasteiger charge is -2.35. The number of carbonyl (C=O) groups is 1. The second kappa shape index (κ2) is 5.16. The van der Waals surface area contributed by atoms with Gasteiger partial charge >= 0.3 is 0 Å². The summed E-state index contributed by atoms with van der Waals surface area (Å²) in [5.74, 6) is -0.335. The number of rotatable bonds is 3. The van der Waals surface area contributed by atoms with Crippen LogP contribution in [0.15, 0.2) is 18.2 Å². The Kier molecular flexibility index (Phi) is 3.78. The van der Waals surface area contributed by atoms with E-state index in [0.29, 0.717) is 24.0 Å². The fourth-order valence-electron chi connectivity index (χ4n) is 2.40. The molecule has 1 heterocycles. The number of benzene rings is 1. The zero-order valence-electron chi connectivity index (χ0n) is 10.8. The van der Waals surface area contributed by atoms with Gasteiger partial charge in [0.05, 0.1) is 0 Å². The molecule has 0 bridgehead atoms. The van der Waals surface area contributed by atoms with Gasteiger partial charge in [-0.15, -0.1) is 0 Å². The van der Waals surface area contributed by atoms with Crippen molar-refractivity contribution in [3.8, 4) is 0 Å². The van der Waals surface area contributed by atoms with Gasteiger partial charge in [0.2, 0.25) is 0 Å². The molecule has 0 amide bonds. The van der Waals surface area contributed by atoms with E-state index >= 15 is 0 Å². The Morgan fingerprint density at radius 3 is 2.61 bits per heavy atom. The summed E-state index contributed by atoms with van der Waals surface area (Å²) < 4.78 is 18.7. The van der Waals surface area contributed by atoms with Crippen LogP contribution in [0.5, 0.6) is 0 Å². The summed E-state index contributed by atoms with van der Waals surface area (Å²) in [5.41, 5.74) is 0.258. The van der Waals surface area contributed by atoms with Crippen LogP contribution in [-0.4, -0.2) is 31.6 Å². The summed E-state index contributed by atoms with van der Waals surface area (Å²) in [6, 6.07) is 4.47. The van der Waals surface area contributed by atoms with Crippen LogP contribution >= 0.6 is 0 Å². The normalized spacial score (nSPS) is 18.6. The predicted molar refractivity (Wildman–Crippen MR) is 67.3 cm³/mol. The van der Waals surface area contributed by atoms with E-state index in [2.05, 4.69) is 5.32 Å². The first-order chi connectivity index (χ1) is 8.59. The van der Waals surface area contributed by atoms with Gasteiger partial charge < -0.3 is 10.1 Å². The Balaban J connectivity index is 2.30. The first kappa shape index (κ1) is 13.2. The molecule has 0 unspecified atom stereocenters. The Bertz CT molecular complexity index is 453. The zero-order chi connectivity index (χ0) is 13.2. The van der Waals surface area contributed by atoms with Gasteiger partial charge in [0, 0.05) is 12.7 Å². The lowest BCUT2D eigenvalue weighted by Crippen LogP contribution is -2.49. The van der Waals surface area contributed by atoms with Gasteiger partial charge in [-0.3, -0.25) is 4.79 Å². The van der Waals surface area contributed by atoms with E-state index in [4.69, 9.17) is 4.74 Å². The molecule has 1 fully saturated rings. The highest BCUT2D eigenvalue weighted by Crippen LogP contribution is 2.27. The highest BCUT2D eigenvalue weighted by molar-refractivity contribution is 6.02. The van der Waals surface area contributed by atoms with Crippen LogP contribution in [0, 0.1) is 12.7 Å². The average molecular weight is 251 g/mol. The molecule has 0 aromatic heterocycles. The number of ether oxygens (including phenoxy) is 1. The van der Waals surface area contributed by atoms with Gasteiger partial charge in [0.1, 0.15) is 11.4 Å². The second-order valence-electron chi connectivity index (χ2n) is 4.74. The summed E-state index contributed by atoms with van der Waals surface area (Å²) in [4.78, 5) is 12.5. The number of Topliss-reactive ketones (excluding diaryl/α,β-unsaturated/α-hetero) is 1. The number of aryl methyl sites for hydroxylation is 1. The van der Waals surface area contributed by atoms with Crippen molar-refractivity contribution in [2.45, 2.75) is 25.4 Å². The molecule has 4 heteroatoms. The molecule has 98 valence electrons. The topological polar surface area (TPSA) is 38.3 Å². The molecule has 3 nitrogen and oxygen atoms in total. The van der Waals surface area contributed by atoms with Crippen molar-refractivity contribution in [3.05, 3.63) is 35.1 Å². The maximum Gasteiger partial charge on any atom is 0.194 e. The fraction of sp³-hybridized carbons (Fsp3) is 0.500. The number of hydrogen-bond acceptors (Lipinski definition) is 3. The van der Waals surface area contributed by atoms with E-state index in [1.807, 2.05) is 0 Å². The van der Waals surface area contributed by atoms with Gasteiger partial charge in [-0.1, -0.05) is 0 Å². The van der Waals surface area contributed by atoms with Crippen molar-refractivity contribution >= 4 is 5.78 Å². The van der Waals surface area contributed by atoms with Crippen LogP contribution < -0.4 is 5.32 Å². The number of methoxy groups -OCH3 is 1. The lowest BCUT2D eigenvalue weighted by atomic mass is 9.84. The largest absolute Gasteiger partial charge is 0.370 e. The first-order valence-electron chi connectivity index (χ1n) is 6.16. The van der Waals surface area contributed by atoms with Crippen molar-refractivity contribution < 1.29 is 13.9 Å². The number of carbonyl (C=O) groups excluding carboxylic acids is 1. The molecule has 18 heavy (non-hydrogen) atoms. The maximum atomic E-state index is 13.2. The van der Waals surface area contributed by atoms with Gasteiger partial charge in [0.25, 0.3) is 0 Å². The molecular formula is C14H18FNO2. The van der Waals surface area contributed by atoms with Gasteiger partial charge in [-0.2, -0.15) is 0 Å². The summed E-state index contributed by atoms with van der Waals surface area (Å²) in [5, 5.41) is 3.21. The Morgan fingerprint density at radius 1 is 1.39 bits per heavy atom. The van der Waals surface area contributed by atoms with E-state index in [9.17, 15) is 9.18 Å². The summed E-state index contributed by atoms with van der Waals surface area (Å²) in [7, 11) is 1.57. The minimum Gasteiger partial charge on any atom is -0.370 e. The Hall–Kier alpha value is -1.26. The third-order valence-electron chi connectivity index (χ3n) is 3.64. The molecule has 1 aromatic carbocycles. The highest BCUT2D eigenvalue weighted by atomic mass is 19.1. The molecule has 0 spiro atoms. The molecule has 0 aliphatic carbocycles. The van der Waals surface area contributed by atoms with Gasteiger partial charge in [0.15, 0.2) is 5.78 Å². The van der Waals surface area contributed by atoms with Gasteiger partial charge in [-0.05, 0) is 56.6 Å². The van der Waals surface area contributed by atoms with E-state index in [1.165, 1.54) is 12.1 Å². The van der Waals surface area contributed by atoms with Crippen LogP contribution in [0.4, 0.5) is 4.39 Å². The predicted octanol–water partition coefficient (Wildman–Crippen LogP) is 2.09. The van der Waals surface area contributed by atoms with E-state index in [-0.39, 0.29) is 11.6 Å². The van der Waals surface area contributed by atoms with E-state index in [1.54, 1.807) is 20.1 Å². The van der Waals surface area contributed by atoms with E-state index < -0.39 is 5.60 Å². The SMILES string of the molecule is COC1(C(=O)c2ccc(F)c(C)c2)CCNCC1. The molecule has 1 aromatic rings. The fourth-order valence-corrected chi connectivity index (χ4v) is 2.40. The first-order valence-corrected chi connectivity index (χ1v) is 6.16.